The van der Waals surface area contributed by atoms with Crippen LogP contribution in [0.4, 0.5) is 5.69 Å². The maximum atomic E-state index is 11.5. The molecular formula is C8H10N2O3S. The summed E-state index contributed by atoms with van der Waals surface area (Å²) in [5, 5.41) is 2.68. The molecule has 1 rings (SSSR count). The molecule has 6 heteroatoms. The zero-order valence-electron chi connectivity index (χ0n) is 7.81. The van der Waals surface area contributed by atoms with E-state index >= 15 is 0 Å². The van der Waals surface area contributed by atoms with E-state index in [4.69, 9.17) is 0 Å². The monoisotopic (exact) mass is 214 g/mol. The van der Waals surface area contributed by atoms with Gasteiger partial charge in [-0.15, -0.1) is 4.91 Å². The van der Waals surface area contributed by atoms with E-state index in [1.54, 1.807) is 19.1 Å². The highest BCUT2D eigenvalue weighted by molar-refractivity contribution is 7.89. The molecule has 0 saturated carbocycles. The van der Waals surface area contributed by atoms with E-state index in [2.05, 4.69) is 9.90 Å². The Bertz CT molecular complexity index is 454. The van der Waals surface area contributed by atoms with E-state index < -0.39 is 10.0 Å². The number of nitroso groups, excluding NO2 is 1. The topological polar surface area (TPSA) is 75.6 Å². The van der Waals surface area contributed by atoms with Crippen LogP contribution >= 0.6 is 0 Å². The Kier molecular flexibility index (Phi) is 2.97. The van der Waals surface area contributed by atoms with Crippen molar-refractivity contribution in [1.29, 1.82) is 0 Å². The van der Waals surface area contributed by atoms with Gasteiger partial charge in [0, 0.05) is 0 Å². The average Bonchev–Trinajstić information content (AvgIpc) is 2.17. The Morgan fingerprint density at radius 3 is 2.50 bits per heavy atom. The number of rotatable bonds is 3. The van der Waals surface area contributed by atoms with Crippen molar-refractivity contribution in [3.63, 3.8) is 0 Å². The zero-order chi connectivity index (χ0) is 10.8. The Balaban J connectivity index is 3.54. The molecule has 0 fully saturated rings. The molecule has 14 heavy (non-hydrogen) atoms. The van der Waals surface area contributed by atoms with Gasteiger partial charge in [0.05, 0.1) is 0 Å². The summed E-state index contributed by atoms with van der Waals surface area (Å²) >= 11 is 0. The van der Waals surface area contributed by atoms with Gasteiger partial charge in [0.25, 0.3) is 0 Å². The van der Waals surface area contributed by atoms with Gasteiger partial charge in [-0.25, -0.2) is 13.1 Å². The van der Waals surface area contributed by atoms with Crippen LogP contribution in [0.25, 0.3) is 0 Å². The third-order valence-electron chi connectivity index (χ3n) is 1.83. The van der Waals surface area contributed by atoms with Crippen LogP contribution in [0.5, 0.6) is 0 Å². The first-order chi connectivity index (χ1) is 6.53. The number of nitrogens with one attached hydrogen (secondary N) is 1. The molecule has 0 aliphatic carbocycles. The summed E-state index contributed by atoms with van der Waals surface area (Å²) in [5.41, 5.74) is 0.427. The first kappa shape index (κ1) is 10.8. The summed E-state index contributed by atoms with van der Waals surface area (Å²) in [6.45, 7) is 1.61. The summed E-state index contributed by atoms with van der Waals surface area (Å²) in [4.78, 5) is 10.3. The SMILES string of the molecule is CNS(=O)(=O)c1c(C)cccc1N=O. The van der Waals surface area contributed by atoms with Gasteiger partial charge in [0.2, 0.25) is 10.0 Å². The molecule has 0 aromatic heterocycles. The van der Waals surface area contributed by atoms with Gasteiger partial charge in [0.1, 0.15) is 10.6 Å². The van der Waals surface area contributed by atoms with Crippen molar-refractivity contribution in [1.82, 2.24) is 4.72 Å². The normalized spacial score (nSPS) is 11.3. The molecule has 76 valence electrons. The fourth-order valence-corrected chi connectivity index (χ4v) is 2.24. The molecule has 0 aliphatic rings. The lowest BCUT2D eigenvalue weighted by atomic mass is 10.2. The van der Waals surface area contributed by atoms with Gasteiger partial charge < -0.3 is 0 Å². The third kappa shape index (κ3) is 1.80. The van der Waals surface area contributed by atoms with Crippen LogP contribution in [0.1, 0.15) is 5.56 Å². The highest BCUT2D eigenvalue weighted by Crippen LogP contribution is 2.26. The van der Waals surface area contributed by atoms with Crippen molar-refractivity contribution in [3.8, 4) is 0 Å². The molecule has 1 aromatic carbocycles. The predicted molar refractivity (Wildman–Crippen MR) is 52.9 cm³/mol. The van der Waals surface area contributed by atoms with Crippen LogP contribution in [0, 0.1) is 11.8 Å². The van der Waals surface area contributed by atoms with Gasteiger partial charge in [-0.3, -0.25) is 0 Å². The summed E-state index contributed by atoms with van der Waals surface area (Å²) in [6, 6.07) is 4.56. The molecular weight excluding hydrogens is 204 g/mol. The number of benzene rings is 1. The number of hydrogen-bond acceptors (Lipinski definition) is 4. The zero-order valence-corrected chi connectivity index (χ0v) is 8.63. The van der Waals surface area contributed by atoms with Crippen LogP contribution in [-0.2, 0) is 10.0 Å². The lowest BCUT2D eigenvalue weighted by Crippen LogP contribution is -2.19. The Morgan fingerprint density at radius 1 is 1.36 bits per heavy atom. The molecule has 0 spiro atoms. The number of nitrogens with zero attached hydrogens (tertiary/aromatic N) is 1. The quantitative estimate of drug-likeness (QED) is 0.770. The number of hydrogen-bond donors (Lipinski definition) is 1. The molecule has 0 radical (unpaired) electrons. The van der Waals surface area contributed by atoms with Gasteiger partial charge in [-0.1, -0.05) is 12.1 Å². The second-order valence-corrected chi connectivity index (χ2v) is 4.55. The predicted octanol–water partition coefficient (Wildman–Crippen LogP) is 1.30. The van der Waals surface area contributed by atoms with E-state index in [0.29, 0.717) is 5.56 Å². The molecule has 0 atom stereocenters. The number of sulfonamides is 1. The second-order valence-electron chi connectivity index (χ2n) is 2.72. The standard InChI is InChI=1S/C8H10N2O3S/c1-6-4-3-5-7(10-11)8(6)14(12,13)9-2/h3-5,9H,1-2H3. The van der Waals surface area contributed by atoms with Gasteiger partial charge >= 0.3 is 0 Å². The van der Waals surface area contributed by atoms with Crippen molar-refractivity contribution in [2.45, 2.75) is 11.8 Å². The van der Waals surface area contributed by atoms with E-state index in [9.17, 15) is 13.3 Å². The first-order valence-electron chi connectivity index (χ1n) is 3.89. The van der Waals surface area contributed by atoms with Gasteiger partial charge in [-0.2, -0.15) is 0 Å². The van der Waals surface area contributed by atoms with Crippen LogP contribution in [0.15, 0.2) is 28.3 Å². The minimum absolute atomic E-state index is 0.0579. The van der Waals surface area contributed by atoms with Crippen LogP contribution < -0.4 is 4.72 Å². The number of aryl methyl sites for hydroxylation is 1. The molecule has 0 unspecified atom stereocenters. The van der Waals surface area contributed by atoms with Gasteiger partial charge in [0.15, 0.2) is 0 Å². The van der Waals surface area contributed by atoms with Crippen molar-refractivity contribution < 1.29 is 8.42 Å². The largest absolute Gasteiger partial charge is 0.242 e. The molecule has 0 aliphatic heterocycles. The smallest absolute Gasteiger partial charge is 0.214 e. The third-order valence-corrected chi connectivity index (χ3v) is 3.43. The highest BCUT2D eigenvalue weighted by Gasteiger charge is 2.19. The maximum Gasteiger partial charge on any atom is 0.242 e. The van der Waals surface area contributed by atoms with Crippen LogP contribution in [0.2, 0.25) is 0 Å². The van der Waals surface area contributed by atoms with E-state index in [0.717, 1.165) is 0 Å². The average molecular weight is 214 g/mol. The Labute approximate surface area is 82.2 Å². The molecule has 1 aromatic rings. The van der Waals surface area contributed by atoms with Gasteiger partial charge in [-0.05, 0) is 30.8 Å². The minimum Gasteiger partial charge on any atom is -0.214 e. The van der Waals surface area contributed by atoms with E-state index in [1.165, 1.54) is 13.1 Å². The molecule has 1 N–H and O–H groups in total. The molecule has 0 saturated heterocycles. The van der Waals surface area contributed by atoms with E-state index in [-0.39, 0.29) is 10.6 Å². The van der Waals surface area contributed by atoms with Crippen molar-refractivity contribution in [2.24, 2.45) is 5.18 Å². The Morgan fingerprint density at radius 2 is 2.00 bits per heavy atom. The maximum absolute atomic E-state index is 11.5. The summed E-state index contributed by atoms with van der Waals surface area (Å²) < 4.78 is 25.1. The van der Waals surface area contributed by atoms with E-state index in [1.807, 2.05) is 0 Å². The molecule has 5 nitrogen and oxygen atoms in total. The van der Waals surface area contributed by atoms with Crippen molar-refractivity contribution in [2.75, 3.05) is 7.05 Å². The summed E-state index contributed by atoms with van der Waals surface area (Å²) in [7, 11) is -2.33. The fraction of sp³-hybridized carbons (Fsp3) is 0.250. The highest BCUT2D eigenvalue weighted by atomic mass is 32.2. The lowest BCUT2D eigenvalue weighted by Gasteiger charge is -2.06. The fourth-order valence-electron chi connectivity index (χ4n) is 1.16. The van der Waals surface area contributed by atoms with Crippen molar-refractivity contribution >= 4 is 15.7 Å². The van der Waals surface area contributed by atoms with Crippen LogP contribution in [0.3, 0.4) is 0 Å². The first-order valence-corrected chi connectivity index (χ1v) is 5.37. The molecule has 0 amide bonds. The van der Waals surface area contributed by atoms with Crippen LogP contribution in [-0.4, -0.2) is 15.5 Å². The summed E-state index contributed by atoms with van der Waals surface area (Å²) in [6.07, 6.45) is 0. The lowest BCUT2D eigenvalue weighted by molar-refractivity contribution is 0.588. The second kappa shape index (κ2) is 3.85. The summed E-state index contributed by atoms with van der Waals surface area (Å²) in [5.74, 6) is 0. The molecule has 0 heterocycles. The van der Waals surface area contributed by atoms with Crippen molar-refractivity contribution in [3.05, 3.63) is 28.7 Å². The Hall–Kier alpha value is -1.27. The molecule has 0 bridgehead atoms. The minimum atomic E-state index is -3.62.